The monoisotopic (exact) mass is 283 g/mol. The van der Waals surface area contributed by atoms with Crippen LogP contribution in [0.4, 0.5) is 0 Å². The molecular formula is C17H33NO2. The maximum absolute atomic E-state index is 10.0. The molecule has 0 heterocycles. The van der Waals surface area contributed by atoms with Gasteiger partial charge in [-0.05, 0) is 37.0 Å². The van der Waals surface area contributed by atoms with Crippen molar-refractivity contribution in [2.45, 2.75) is 77.4 Å². The second-order valence-electron chi connectivity index (χ2n) is 7.53. The van der Waals surface area contributed by atoms with Gasteiger partial charge in [0.25, 0.3) is 0 Å². The third kappa shape index (κ3) is 5.34. The molecule has 0 aromatic rings. The highest BCUT2D eigenvalue weighted by atomic mass is 16.5. The fraction of sp³-hybridized carbons (Fsp3) is 1.00. The molecule has 2 N–H and O–H groups in total. The average molecular weight is 283 g/mol. The Hall–Kier alpha value is -0.120. The van der Waals surface area contributed by atoms with E-state index in [4.69, 9.17) is 4.74 Å². The summed E-state index contributed by atoms with van der Waals surface area (Å²) in [4.78, 5) is 0. The first-order chi connectivity index (χ1) is 9.57. The number of rotatable bonds is 7. The molecule has 0 aliphatic heterocycles. The van der Waals surface area contributed by atoms with Gasteiger partial charge in [-0.1, -0.05) is 39.5 Å². The lowest BCUT2D eigenvalue weighted by molar-refractivity contribution is -0.0310. The van der Waals surface area contributed by atoms with Crippen LogP contribution in [0.2, 0.25) is 0 Å². The average Bonchev–Trinajstić information content (AvgIpc) is 2.83. The molecule has 2 fully saturated rings. The van der Waals surface area contributed by atoms with Gasteiger partial charge in [-0.3, -0.25) is 0 Å². The van der Waals surface area contributed by atoms with Gasteiger partial charge in [-0.15, -0.1) is 0 Å². The third-order valence-electron chi connectivity index (χ3n) is 5.15. The topological polar surface area (TPSA) is 41.5 Å². The van der Waals surface area contributed by atoms with Crippen LogP contribution in [0.25, 0.3) is 0 Å². The van der Waals surface area contributed by atoms with Gasteiger partial charge in [0.2, 0.25) is 0 Å². The lowest BCUT2D eigenvalue weighted by Crippen LogP contribution is -2.37. The Morgan fingerprint density at radius 1 is 1.25 bits per heavy atom. The van der Waals surface area contributed by atoms with Gasteiger partial charge in [-0.2, -0.15) is 0 Å². The van der Waals surface area contributed by atoms with Gasteiger partial charge in [0.05, 0.1) is 18.8 Å². The van der Waals surface area contributed by atoms with Crippen LogP contribution in [-0.2, 0) is 4.74 Å². The van der Waals surface area contributed by atoms with E-state index in [9.17, 15) is 5.11 Å². The molecule has 2 rings (SSSR count). The first kappa shape index (κ1) is 16.3. The third-order valence-corrected chi connectivity index (χ3v) is 5.15. The van der Waals surface area contributed by atoms with Crippen molar-refractivity contribution in [2.24, 2.45) is 11.3 Å². The summed E-state index contributed by atoms with van der Waals surface area (Å²) in [6, 6.07) is 0. The normalized spacial score (nSPS) is 31.4. The van der Waals surface area contributed by atoms with Crippen molar-refractivity contribution in [1.29, 1.82) is 0 Å². The van der Waals surface area contributed by atoms with Gasteiger partial charge in [0.1, 0.15) is 0 Å². The van der Waals surface area contributed by atoms with Crippen LogP contribution in [0, 0.1) is 11.3 Å². The van der Waals surface area contributed by atoms with Crippen LogP contribution in [0.3, 0.4) is 0 Å². The fourth-order valence-electron chi connectivity index (χ4n) is 3.78. The number of hydrogen-bond donors (Lipinski definition) is 2. The molecule has 2 saturated carbocycles. The predicted molar refractivity (Wildman–Crippen MR) is 82.8 cm³/mol. The Labute approximate surface area is 124 Å². The molecule has 0 spiro atoms. The summed E-state index contributed by atoms with van der Waals surface area (Å²) in [6.45, 7) is 6.85. The minimum absolute atomic E-state index is 0.364. The predicted octanol–water partition coefficient (Wildman–Crippen LogP) is 3.11. The van der Waals surface area contributed by atoms with Crippen LogP contribution in [0.1, 0.15) is 65.2 Å². The zero-order chi connectivity index (χ0) is 14.4. The van der Waals surface area contributed by atoms with Gasteiger partial charge in [-0.25, -0.2) is 0 Å². The van der Waals surface area contributed by atoms with E-state index < -0.39 is 0 Å². The van der Waals surface area contributed by atoms with Crippen LogP contribution in [-0.4, -0.2) is 37.0 Å². The first-order valence-electron chi connectivity index (χ1n) is 8.58. The van der Waals surface area contributed by atoms with Crippen molar-refractivity contribution in [3.63, 3.8) is 0 Å². The highest BCUT2D eigenvalue weighted by molar-refractivity contribution is 4.82. The number of ether oxygens (including phenoxy) is 1. The summed E-state index contributed by atoms with van der Waals surface area (Å²) in [5.74, 6) is 0.784. The SMILES string of the molecule is CC1CCCC(OCC(O)CNCC2(C)CCCC2)C1. The zero-order valence-corrected chi connectivity index (χ0v) is 13.4. The number of aliphatic hydroxyl groups excluding tert-OH is 1. The maximum atomic E-state index is 10.0. The van der Waals surface area contributed by atoms with Crippen molar-refractivity contribution < 1.29 is 9.84 Å². The highest BCUT2D eigenvalue weighted by Gasteiger charge is 2.28. The Bertz CT molecular complexity index is 276. The summed E-state index contributed by atoms with van der Waals surface area (Å²) in [7, 11) is 0. The molecule has 2 aliphatic rings. The van der Waals surface area contributed by atoms with E-state index >= 15 is 0 Å². The molecule has 0 bridgehead atoms. The molecule has 2 aliphatic carbocycles. The lowest BCUT2D eigenvalue weighted by atomic mass is 9.88. The van der Waals surface area contributed by atoms with Crippen molar-refractivity contribution in [2.75, 3.05) is 19.7 Å². The fourth-order valence-corrected chi connectivity index (χ4v) is 3.78. The number of hydrogen-bond acceptors (Lipinski definition) is 3. The van der Waals surface area contributed by atoms with Crippen molar-refractivity contribution in [3.8, 4) is 0 Å². The number of nitrogens with one attached hydrogen (secondary N) is 1. The summed E-state index contributed by atoms with van der Waals surface area (Å²) in [5, 5.41) is 13.5. The molecule has 118 valence electrons. The highest BCUT2D eigenvalue weighted by Crippen LogP contribution is 2.36. The van der Waals surface area contributed by atoms with Crippen molar-refractivity contribution in [1.82, 2.24) is 5.32 Å². The largest absolute Gasteiger partial charge is 0.389 e. The van der Waals surface area contributed by atoms with E-state index in [0.717, 1.165) is 18.9 Å². The molecule has 3 atom stereocenters. The Balaban J connectivity index is 1.54. The maximum Gasteiger partial charge on any atom is 0.0897 e. The molecule has 0 aromatic carbocycles. The Morgan fingerprint density at radius 2 is 2.00 bits per heavy atom. The first-order valence-corrected chi connectivity index (χ1v) is 8.58. The molecule has 20 heavy (non-hydrogen) atoms. The van der Waals surface area contributed by atoms with Gasteiger partial charge in [0.15, 0.2) is 0 Å². The van der Waals surface area contributed by atoms with Gasteiger partial charge >= 0.3 is 0 Å². The van der Waals surface area contributed by atoms with Crippen LogP contribution in [0.15, 0.2) is 0 Å². The van der Waals surface area contributed by atoms with E-state index in [1.54, 1.807) is 0 Å². The smallest absolute Gasteiger partial charge is 0.0897 e. The van der Waals surface area contributed by atoms with Crippen LogP contribution >= 0.6 is 0 Å². The molecule has 0 amide bonds. The second kappa shape index (κ2) is 7.77. The minimum atomic E-state index is -0.364. The molecule has 0 saturated heterocycles. The van der Waals surface area contributed by atoms with E-state index in [1.807, 2.05) is 0 Å². The molecule has 0 radical (unpaired) electrons. The number of aliphatic hydroxyl groups is 1. The molecular weight excluding hydrogens is 250 g/mol. The Morgan fingerprint density at radius 3 is 2.70 bits per heavy atom. The molecule has 3 unspecified atom stereocenters. The van der Waals surface area contributed by atoms with E-state index in [0.29, 0.717) is 24.7 Å². The van der Waals surface area contributed by atoms with Crippen molar-refractivity contribution >= 4 is 0 Å². The van der Waals surface area contributed by atoms with E-state index in [-0.39, 0.29) is 6.10 Å². The summed E-state index contributed by atoms with van der Waals surface area (Å²) in [6.07, 6.45) is 10.3. The molecule has 0 aromatic heterocycles. The standard InChI is InChI=1S/C17H33NO2/c1-14-6-5-7-16(10-14)20-12-15(19)11-18-13-17(2)8-3-4-9-17/h14-16,18-19H,3-13H2,1-2H3. The van der Waals surface area contributed by atoms with Gasteiger partial charge in [0, 0.05) is 13.1 Å². The Kier molecular flexibility index (Phi) is 6.31. The molecule has 3 nitrogen and oxygen atoms in total. The minimum Gasteiger partial charge on any atom is -0.389 e. The summed E-state index contributed by atoms with van der Waals surface area (Å²) in [5.41, 5.74) is 0.458. The summed E-state index contributed by atoms with van der Waals surface area (Å²) < 4.78 is 5.87. The van der Waals surface area contributed by atoms with E-state index in [1.165, 1.54) is 44.9 Å². The quantitative estimate of drug-likeness (QED) is 0.754. The van der Waals surface area contributed by atoms with Gasteiger partial charge < -0.3 is 15.2 Å². The van der Waals surface area contributed by atoms with Crippen LogP contribution < -0.4 is 5.32 Å². The van der Waals surface area contributed by atoms with Crippen LogP contribution in [0.5, 0.6) is 0 Å². The zero-order valence-electron chi connectivity index (χ0n) is 13.4. The molecule has 3 heteroatoms. The van der Waals surface area contributed by atoms with Crippen molar-refractivity contribution in [3.05, 3.63) is 0 Å². The second-order valence-corrected chi connectivity index (χ2v) is 7.53. The summed E-state index contributed by atoms with van der Waals surface area (Å²) >= 11 is 0. The van der Waals surface area contributed by atoms with E-state index in [2.05, 4.69) is 19.2 Å². The lowest BCUT2D eigenvalue weighted by Gasteiger charge is -2.28.